The van der Waals surface area contributed by atoms with E-state index in [2.05, 4.69) is 41.2 Å². The predicted molar refractivity (Wildman–Crippen MR) is 81.3 cm³/mol. The van der Waals surface area contributed by atoms with E-state index in [0.717, 1.165) is 31.9 Å². The number of piperazine rings is 1. The quantitative estimate of drug-likeness (QED) is 0.877. The fraction of sp³-hybridized carbons (Fsp3) is 0.733. The number of aryl methyl sites for hydroxylation is 1. The fourth-order valence-corrected chi connectivity index (χ4v) is 2.69. The molecule has 0 aromatic carbocycles. The lowest BCUT2D eigenvalue weighted by Crippen LogP contribution is -2.54. The zero-order chi connectivity index (χ0) is 15.4. The second-order valence-corrected chi connectivity index (χ2v) is 6.19. The summed E-state index contributed by atoms with van der Waals surface area (Å²) in [6, 6.07) is 2.02. The van der Waals surface area contributed by atoms with E-state index in [1.54, 1.807) is 13.0 Å². The Morgan fingerprint density at radius 1 is 1.38 bits per heavy atom. The van der Waals surface area contributed by atoms with Crippen molar-refractivity contribution in [1.29, 1.82) is 0 Å². The van der Waals surface area contributed by atoms with Gasteiger partial charge in [-0.25, -0.2) is 0 Å². The molecule has 118 valence electrons. The first-order valence-electron chi connectivity index (χ1n) is 7.61. The van der Waals surface area contributed by atoms with Crippen LogP contribution in [0.25, 0.3) is 0 Å². The smallest absolute Gasteiger partial charge is 0.289 e. The summed E-state index contributed by atoms with van der Waals surface area (Å²) in [5, 5.41) is 6.72. The second kappa shape index (κ2) is 7.04. The third kappa shape index (κ3) is 4.28. The van der Waals surface area contributed by atoms with Crippen LogP contribution in [0.1, 0.15) is 30.1 Å². The maximum absolute atomic E-state index is 12.0. The second-order valence-electron chi connectivity index (χ2n) is 6.19. The molecular weight excluding hydrogens is 268 g/mol. The highest BCUT2D eigenvalue weighted by Gasteiger charge is 2.25. The zero-order valence-electron chi connectivity index (χ0n) is 13.4. The van der Waals surface area contributed by atoms with Crippen molar-refractivity contribution >= 4 is 5.91 Å². The van der Waals surface area contributed by atoms with E-state index in [1.165, 1.54) is 0 Å². The number of aromatic nitrogens is 1. The minimum Gasteiger partial charge on any atom is -0.351 e. The van der Waals surface area contributed by atoms with E-state index in [0.29, 0.717) is 18.5 Å². The number of amides is 1. The summed E-state index contributed by atoms with van der Waals surface area (Å²) in [7, 11) is 2.15. The maximum atomic E-state index is 12.0. The van der Waals surface area contributed by atoms with Crippen LogP contribution in [0.5, 0.6) is 0 Å². The van der Waals surface area contributed by atoms with Gasteiger partial charge in [0.25, 0.3) is 5.91 Å². The molecule has 1 aliphatic rings. The van der Waals surface area contributed by atoms with E-state index in [-0.39, 0.29) is 11.7 Å². The summed E-state index contributed by atoms with van der Waals surface area (Å²) in [4.78, 5) is 16.9. The molecule has 0 aliphatic carbocycles. The standard InChI is InChI=1S/C15H26N4O2/c1-11(2)13(19-7-5-18(4)6-8-19)10-16-15(20)14-9-12(3)17-21-14/h9,11,13H,5-8,10H2,1-4H3,(H,16,20)/t13-/m0/s1. The molecule has 0 saturated carbocycles. The van der Waals surface area contributed by atoms with Crippen molar-refractivity contribution in [2.75, 3.05) is 39.8 Å². The van der Waals surface area contributed by atoms with Crippen molar-refractivity contribution in [2.45, 2.75) is 26.8 Å². The van der Waals surface area contributed by atoms with Gasteiger partial charge in [-0.15, -0.1) is 0 Å². The van der Waals surface area contributed by atoms with Crippen LogP contribution in [0.2, 0.25) is 0 Å². The molecule has 1 aliphatic heterocycles. The van der Waals surface area contributed by atoms with Crippen molar-refractivity contribution < 1.29 is 9.32 Å². The topological polar surface area (TPSA) is 61.6 Å². The Balaban J connectivity index is 1.89. The van der Waals surface area contributed by atoms with Gasteiger partial charge in [0, 0.05) is 44.8 Å². The monoisotopic (exact) mass is 294 g/mol. The number of likely N-dealkylation sites (N-methyl/N-ethyl adjacent to an activating group) is 1. The van der Waals surface area contributed by atoms with Gasteiger partial charge < -0.3 is 14.7 Å². The van der Waals surface area contributed by atoms with Gasteiger partial charge in [0.05, 0.1) is 5.69 Å². The minimum absolute atomic E-state index is 0.185. The Hall–Kier alpha value is -1.40. The lowest BCUT2D eigenvalue weighted by atomic mass is 10.0. The summed E-state index contributed by atoms with van der Waals surface area (Å²) in [5.41, 5.74) is 0.722. The lowest BCUT2D eigenvalue weighted by Gasteiger charge is -2.39. The van der Waals surface area contributed by atoms with Gasteiger partial charge in [-0.2, -0.15) is 0 Å². The van der Waals surface area contributed by atoms with Crippen LogP contribution >= 0.6 is 0 Å². The van der Waals surface area contributed by atoms with Gasteiger partial charge in [0.2, 0.25) is 5.76 Å². The first-order chi connectivity index (χ1) is 9.97. The van der Waals surface area contributed by atoms with Gasteiger partial charge in [-0.05, 0) is 19.9 Å². The number of hydrogen-bond donors (Lipinski definition) is 1. The molecule has 2 heterocycles. The third-order valence-corrected chi connectivity index (χ3v) is 4.10. The summed E-state index contributed by atoms with van der Waals surface area (Å²) in [5.74, 6) is 0.592. The van der Waals surface area contributed by atoms with E-state index < -0.39 is 0 Å². The molecular formula is C15H26N4O2. The zero-order valence-corrected chi connectivity index (χ0v) is 13.4. The molecule has 1 aromatic heterocycles. The average molecular weight is 294 g/mol. The summed E-state index contributed by atoms with van der Waals surface area (Å²) >= 11 is 0. The number of carbonyl (C=O) groups is 1. The molecule has 2 rings (SSSR count). The Morgan fingerprint density at radius 2 is 2.05 bits per heavy atom. The normalized spacial score (nSPS) is 18.9. The van der Waals surface area contributed by atoms with E-state index in [9.17, 15) is 4.79 Å². The van der Waals surface area contributed by atoms with Gasteiger partial charge in [-0.3, -0.25) is 9.69 Å². The Labute approximate surface area is 126 Å². The molecule has 0 radical (unpaired) electrons. The highest BCUT2D eigenvalue weighted by atomic mass is 16.5. The van der Waals surface area contributed by atoms with Crippen molar-refractivity contribution in [3.05, 3.63) is 17.5 Å². The van der Waals surface area contributed by atoms with Gasteiger partial charge in [0.1, 0.15) is 0 Å². The average Bonchev–Trinajstić information content (AvgIpc) is 2.87. The molecule has 0 spiro atoms. The van der Waals surface area contributed by atoms with Crippen LogP contribution in [0, 0.1) is 12.8 Å². The van der Waals surface area contributed by atoms with Crippen LogP contribution < -0.4 is 5.32 Å². The maximum Gasteiger partial charge on any atom is 0.289 e. The molecule has 1 aromatic rings. The largest absolute Gasteiger partial charge is 0.351 e. The molecule has 21 heavy (non-hydrogen) atoms. The first kappa shape index (κ1) is 16.0. The van der Waals surface area contributed by atoms with Gasteiger partial charge >= 0.3 is 0 Å². The van der Waals surface area contributed by atoms with Crippen molar-refractivity contribution in [1.82, 2.24) is 20.3 Å². The predicted octanol–water partition coefficient (Wildman–Crippen LogP) is 0.985. The Morgan fingerprint density at radius 3 is 2.57 bits per heavy atom. The summed E-state index contributed by atoms with van der Waals surface area (Å²) in [6.45, 7) is 11.1. The molecule has 1 saturated heterocycles. The van der Waals surface area contributed by atoms with Crippen molar-refractivity contribution in [3.8, 4) is 0 Å². The Kier molecular flexibility index (Phi) is 5.36. The summed E-state index contributed by atoms with van der Waals surface area (Å²) < 4.78 is 5.00. The SMILES string of the molecule is Cc1cc(C(=O)NC[C@@H](C(C)C)N2CCN(C)CC2)on1. The number of nitrogens with one attached hydrogen (secondary N) is 1. The van der Waals surface area contributed by atoms with Gasteiger partial charge in [-0.1, -0.05) is 19.0 Å². The van der Waals surface area contributed by atoms with Gasteiger partial charge in [0.15, 0.2) is 0 Å². The highest BCUT2D eigenvalue weighted by molar-refractivity contribution is 5.91. The van der Waals surface area contributed by atoms with Crippen molar-refractivity contribution in [2.24, 2.45) is 5.92 Å². The first-order valence-corrected chi connectivity index (χ1v) is 7.61. The third-order valence-electron chi connectivity index (χ3n) is 4.10. The van der Waals surface area contributed by atoms with Crippen LogP contribution in [-0.2, 0) is 0 Å². The number of carbonyl (C=O) groups excluding carboxylic acids is 1. The van der Waals surface area contributed by atoms with Crippen molar-refractivity contribution in [3.63, 3.8) is 0 Å². The molecule has 1 amide bonds. The molecule has 0 bridgehead atoms. The van der Waals surface area contributed by atoms with E-state index in [4.69, 9.17) is 4.52 Å². The van der Waals surface area contributed by atoms with E-state index >= 15 is 0 Å². The molecule has 6 heteroatoms. The molecule has 6 nitrogen and oxygen atoms in total. The van der Waals surface area contributed by atoms with Crippen LogP contribution in [0.3, 0.4) is 0 Å². The molecule has 1 atom stereocenters. The number of hydrogen-bond acceptors (Lipinski definition) is 5. The molecule has 1 fully saturated rings. The van der Waals surface area contributed by atoms with Crippen LogP contribution in [-0.4, -0.2) is 66.7 Å². The number of rotatable bonds is 5. The summed E-state index contributed by atoms with van der Waals surface area (Å²) in [6.07, 6.45) is 0. The fourth-order valence-electron chi connectivity index (χ4n) is 2.69. The van der Waals surface area contributed by atoms with Crippen LogP contribution in [0.15, 0.2) is 10.6 Å². The minimum atomic E-state index is -0.185. The highest BCUT2D eigenvalue weighted by Crippen LogP contribution is 2.13. The lowest BCUT2D eigenvalue weighted by molar-refractivity contribution is 0.0772. The number of nitrogens with zero attached hydrogens (tertiary/aromatic N) is 3. The Bertz CT molecular complexity index is 464. The molecule has 1 N–H and O–H groups in total. The van der Waals surface area contributed by atoms with E-state index in [1.807, 2.05) is 0 Å². The molecule has 0 unspecified atom stereocenters. The van der Waals surface area contributed by atoms with Crippen LogP contribution in [0.4, 0.5) is 0 Å².